The molecule has 3 aromatic rings. The summed E-state index contributed by atoms with van der Waals surface area (Å²) in [5, 5.41) is 13.6. The van der Waals surface area contributed by atoms with E-state index in [0.717, 1.165) is 59.4 Å². The molecule has 4 aliphatic heterocycles. The highest BCUT2D eigenvalue weighted by atomic mass is 35.5. The third-order valence-corrected chi connectivity index (χ3v) is 12.3. The van der Waals surface area contributed by atoms with Gasteiger partial charge in [-0.05, 0) is 136 Å². The number of aryl methyl sites for hydroxylation is 1. The van der Waals surface area contributed by atoms with Crippen LogP contribution in [0.3, 0.4) is 0 Å². The highest BCUT2D eigenvalue weighted by molar-refractivity contribution is 6.30. The summed E-state index contributed by atoms with van der Waals surface area (Å²) in [7, 11) is 0. The molecule has 0 saturated carbocycles. The summed E-state index contributed by atoms with van der Waals surface area (Å²) in [6.07, 6.45) is 13.8. The maximum atomic E-state index is 9.40. The fraction of sp³-hybridized carbons (Fsp3) is 0.512. The van der Waals surface area contributed by atoms with Crippen molar-refractivity contribution in [1.29, 1.82) is 5.26 Å². The van der Waals surface area contributed by atoms with Gasteiger partial charge in [0.25, 0.3) is 0 Å². The van der Waals surface area contributed by atoms with Crippen molar-refractivity contribution >= 4 is 23.2 Å². The van der Waals surface area contributed by atoms with Gasteiger partial charge in [-0.15, -0.1) is 0 Å². The number of likely N-dealkylation sites (tertiary alicyclic amines) is 2. The minimum Gasteiger partial charge on any atom is -0.491 e. The average Bonchev–Trinajstić information content (AvgIpc) is 3.18. The lowest BCUT2D eigenvalue weighted by atomic mass is 9.78. The number of piperidine rings is 3. The molecule has 2 aromatic carbocycles. The van der Waals surface area contributed by atoms with E-state index in [2.05, 4.69) is 82.2 Å². The summed E-state index contributed by atoms with van der Waals surface area (Å²) in [5.41, 5.74) is 4.78. The van der Waals surface area contributed by atoms with E-state index in [0.29, 0.717) is 17.2 Å². The number of halogens is 1. The zero-order chi connectivity index (χ0) is 36.1. The number of aliphatic imine (C=N–C) groups is 1. The van der Waals surface area contributed by atoms with Crippen LogP contribution >= 0.6 is 11.6 Å². The summed E-state index contributed by atoms with van der Waals surface area (Å²) in [5.74, 6) is 4.33. The van der Waals surface area contributed by atoms with Gasteiger partial charge in [0, 0.05) is 55.1 Å². The van der Waals surface area contributed by atoms with Gasteiger partial charge in [0.15, 0.2) is 5.96 Å². The summed E-state index contributed by atoms with van der Waals surface area (Å²) in [6.45, 7) is 15.1. The second-order valence-electron chi connectivity index (χ2n) is 15.9. The van der Waals surface area contributed by atoms with Crippen LogP contribution in [-0.2, 0) is 5.41 Å². The lowest BCUT2D eigenvalue weighted by Gasteiger charge is -2.42. The average molecular weight is 720 g/mol. The summed E-state index contributed by atoms with van der Waals surface area (Å²) >= 11 is 6.31. The third kappa shape index (κ3) is 8.76. The molecule has 274 valence electrons. The predicted molar refractivity (Wildman–Crippen MR) is 211 cm³/mol. The van der Waals surface area contributed by atoms with Crippen LogP contribution in [0.15, 0.2) is 78.1 Å². The third-order valence-electron chi connectivity index (χ3n) is 12.1. The Balaban J connectivity index is 0.808. The number of nitrogens with one attached hydrogen (secondary N) is 1. The maximum Gasteiger partial charge on any atom is 0.199 e. The van der Waals surface area contributed by atoms with Gasteiger partial charge in [-0.25, -0.2) is 4.99 Å². The Morgan fingerprint density at radius 2 is 1.56 bits per heavy atom. The SMILES string of the molecule is Cc1ccc(N2CCC(C3CCN(CC4CCN(C5=NC=CC(COc6ccc(C(C)(C)c7cc(Cl)cc(C#N)c7)cc6)N5)CC4)CC3)CC2)cn1. The molecular formula is C43H54ClN7O. The lowest BCUT2D eigenvalue weighted by Crippen LogP contribution is -2.51. The minimum atomic E-state index is -0.308. The van der Waals surface area contributed by atoms with E-state index in [1.807, 2.05) is 36.7 Å². The predicted octanol–water partition coefficient (Wildman–Crippen LogP) is 7.80. The molecule has 0 radical (unpaired) electrons. The first-order valence-electron chi connectivity index (χ1n) is 19.3. The Morgan fingerprint density at radius 3 is 2.23 bits per heavy atom. The minimum absolute atomic E-state index is 0.0605. The number of hydrogen-bond donors (Lipinski definition) is 1. The van der Waals surface area contributed by atoms with Crippen LogP contribution in [0.4, 0.5) is 5.69 Å². The Hall–Kier alpha value is -4.06. The molecule has 4 aliphatic rings. The van der Waals surface area contributed by atoms with E-state index in [-0.39, 0.29) is 11.5 Å². The van der Waals surface area contributed by atoms with Crippen molar-refractivity contribution in [2.24, 2.45) is 22.7 Å². The molecule has 1 unspecified atom stereocenters. The Labute approximate surface area is 315 Å². The summed E-state index contributed by atoms with van der Waals surface area (Å²) in [4.78, 5) is 16.9. The van der Waals surface area contributed by atoms with Crippen molar-refractivity contribution in [3.8, 4) is 11.8 Å². The number of guanidine groups is 1. The van der Waals surface area contributed by atoms with E-state index in [1.54, 1.807) is 6.07 Å². The van der Waals surface area contributed by atoms with Gasteiger partial charge in [0.2, 0.25) is 0 Å². The van der Waals surface area contributed by atoms with Gasteiger partial charge in [0.1, 0.15) is 12.4 Å². The van der Waals surface area contributed by atoms with Crippen molar-refractivity contribution in [2.45, 2.75) is 70.8 Å². The van der Waals surface area contributed by atoms with Gasteiger partial charge in [-0.3, -0.25) is 4.98 Å². The zero-order valence-corrected chi connectivity index (χ0v) is 31.9. The van der Waals surface area contributed by atoms with Gasteiger partial charge in [-0.1, -0.05) is 37.6 Å². The quantitative estimate of drug-likeness (QED) is 0.242. The van der Waals surface area contributed by atoms with E-state index in [1.165, 1.54) is 76.9 Å². The number of pyridine rings is 1. The molecule has 52 heavy (non-hydrogen) atoms. The van der Waals surface area contributed by atoms with Crippen LogP contribution in [0.1, 0.15) is 74.8 Å². The number of benzene rings is 2. The Bertz CT molecular complexity index is 1740. The molecule has 1 aromatic heterocycles. The highest BCUT2D eigenvalue weighted by Gasteiger charge is 2.32. The molecular weight excluding hydrogens is 666 g/mol. The summed E-state index contributed by atoms with van der Waals surface area (Å²) < 4.78 is 6.22. The molecule has 5 heterocycles. The normalized spacial score (nSPS) is 21.1. The molecule has 0 bridgehead atoms. The van der Waals surface area contributed by atoms with E-state index < -0.39 is 0 Å². The number of nitriles is 1. The molecule has 1 N–H and O–H groups in total. The van der Waals surface area contributed by atoms with Crippen LogP contribution in [0, 0.1) is 36.0 Å². The molecule has 1 atom stereocenters. The first-order valence-corrected chi connectivity index (χ1v) is 19.7. The van der Waals surface area contributed by atoms with Crippen LogP contribution < -0.4 is 15.0 Å². The second kappa shape index (κ2) is 16.3. The van der Waals surface area contributed by atoms with E-state index >= 15 is 0 Å². The van der Waals surface area contributed by atoms with Gasteiger partial charge < -0.3 is 24.8 Å². The second-order valence-corrected chi connectivity index (χ2v) is 16.3. The van der Waals surface area contributed by atoms with Crippen LogP contribution in [0.25, 0.3) is 0 Å². The molecule has 0 aliphatic carbocycles. The molecule has 3 fully saturated rings. The van der Waals surface area contributed by atoms with Crippen LogP contribution in [0.5, 0.6) is 5.75 Å². The monoisotopic (exact) mass is 719 g/mol. The smallest absolute Gasteiger partial charge is 0.199 e. The van der Waals surface area contributed by atoms with Crippen molar-refractivity contribution in [3.05, 3.63) is 100 Å². The highest BCUT2D eigenvalue weighted by Crippen LogP contribution is 2.36. The Morgan fingerprint density at radius 1 is 0.865 bits per heavy atom. The van der Waals surface area contributed by atoms with Crippen molar-refractivity contribution in [1.82, 2.24) is 20.1 Å². The first-order chi connectivity index (χ1) is 25.2. The maximum absolute atomic E-state index is 9.40. The fourth-order valence-electron chi connectivity index (χ4n) is 8.65. The van der Waals surface area contributed by atoms with Crippen molar-refractivity contribution in [3.63, 3.8) is 0 Å². The largest absolute Gasteiger partial charge is 0.491 e. The van der Waals surface area contributed by atoms with Crippen LogP contribution in [-0.4, -0.2) is 79.2 Å². The van der Waals surface area contributed by atoms with Gasteiger partial charge >= 0.3 is 0 Å². The molecule has 0 spiro atoms. The number of rotatable bonds is 9. The van der Waals surface area contributed by atoms with Crippen molar-refractivity contribution in [2.75, 3.05) is 57.3 Å². The zero-order valence-electron chi connectivity index (χ0n) is 31.1. The first kappa shape index (κ1) is 36.3. The number of nitrogens with zero attached hydrogens (tertiary/aromatic N) is 6. The summed E-state index contributed by atoms with van der Waals surface area (Å²) in [6, 6.07) is 20.4. The molecule has 9 heteroatoms. The number of ether oxygens (including phenoxy) is 1. The molecule has 7 rings (SSSR count). The van der Waals surface area contributed by atoms with E-state index in [4.69, 9.17) is 21.3 Å². The Kier molecular flexibility index (Phi) is 11.4. The molecule has 8 nitrogen and oxygen atoms in total. The van der Waals surface area contributed by atoms with Crippen LogP contribution in [0.2, 0.25) is 5.02 Å². The van der Waals surface area contributed by atoms with Gasteiger partial charge in [0.05, 0.1) is 29.6 Å². The lowest BCUT2D eigenvalue weighted by molar-refractivity contribution is 0.107. The number of anilines is 1. The molecule has 0 amide bonds. The van der Waals surface area contributed by atoms with E-state index in [9.17, 15) is 5.26 Å². The standard InChI is InChI=1S/C43H54ClN7O/c1-31-4-7-40(28-47-31)50-22-15-35(16-23-50)34-13-18-49(19-14-34)29-32-11-20-51(21-12-32)42-46-17-10-39(48-42)30-52-41-8-5-36(6-9-41)43(2,3)37-24-33(27-45)25-38(44)26-37/h4-10,17,24-26,28,32,34-35,39H,11-16,18-23,29-30H2,1-3H3,(H,46,48). The fourth-order valence-corrected chi connectivity index (χ4v) is 8.89. The number of hydrogen-bond acceptors (Lipinski definition) is 8. The number of aromatic nitrogens is 1. The topological polar surface area (TPSA) is 80.0 Å². The molecule has 3 saturated heterocycles. The van der Waals surface area contributed by atoms with Gasteiger partial charge in [-0.2, -0.15) is 5.26 Å². The van der Waals surface area contributed by atoms with Crippen molar-refractivity contribution < 1.29 is 4.74 Å².